The molecule has 1 fully saturated rings. The van der Waals surface area contributed by atoms with Crippen molar-refractivity contribution in [3.8, 4) is 5.75 Å². The first kappa shape index (κ1) is 44.2. The molecular formula is C58H59NO6. The highest BCUT2D eigenvalue weighted by Gasteiger charge is 2.50. The summed E-state index contributed by atoms with van der Waals surface area (Å²) < 4.78 is 42.4. The second-order valence-electron chi connectivity index (χ2n) is 17.3. The molecule has 0 radical (unpaired) electrons. The van der Waals surface area contributed by atoms with Crippen molar-refractivity contribution in [1.82, 2.24) is 0 Å². The van der Waals surface area contributed by atoms with Crippen LogP contribution in [0.4, 0.5) is 5.69 Å². The molecule has 1 saturated heterocycles. The summed E-state index contributed by atoms with van der Waals surface area (Å²) in [7, 11) is 4.20. The quantitative estimate of drug-likeness (QED) is 0.0756. The Bertz CT molecular complexity index is 2540. The largest absolute Gasteiger partial charge is 0.488 e. The first-order chi connectivity index (χ1) is 32.0. The number of hydrogen-bond acceptors (Lipinski definition) is 7. The molecule has 9 rings (SSSR count). The van der Waals surface area contributed by atoms with Crippen LogP contribution in [0.2, 0.25) is 0 Å². The van der Waals surface area contributed by atoms with Gasteiger partial charge in [0, 0.05) is 31.4 Å². The second kappa shape index (κ2) is 21.7. The Labute approximate surface area is 384 Å². The predicted octanol–water partition coefficient (Wildman–Crippen LogP) is 11.4. The highest BCUT2D eigenvalue weighted by molar-refractivity contribution is 5.61. The number of hydrogen-bond donors (Lipinski definition) is 0. The number of nitrogens with zero attached hydrogens (tertiary/aromatic N) is 1. The fourth-order valence-electron chi connectivity index (χ4n) is 8.89. The second-order valence-corrected chi connectivity index (χ2v) is 17.3. The highest BCUT2D eigenvalue weighted by atomic mass is 16.6. The monoisotopic (exact) mass is 865 g/mol. The Morgan fingerprint density at radius 2 is 0.969 bits per heavy atom. The topological polar surface area (TPSA) is 58.6 Å². The van der Waals surface area contributed by atoms with Crippen LogP contribution >= 0.6 is 0 Å². The number of fused-ring (bicyclic) bond motifs is 1. The van der Waals surface area contributed by atoms with Gasteiger partial charge in [-0.05, 0) is 75.4 Å². The van der Waals surface area contributed by atoms with Crippen molar-refractivity contribution in [1.29, 1.82) is 0 Å². The molecule has 7 nitrogen and oxygen atoms in total. The standard InChI is InChI=1S/C58H59NO6/c1-59(2)52-35-53(61-37-43-20-10-4-11-21-43)51(34-50(52)33-47-28-29-48-30-31-49(48)32-47)55-57(63-39-45-24-14-6-15-25-45)58(64-40-46-26-16-7-17-27-46)56(62-38-44-22-12-5-13-23-44)54(65-55)41-60-36-42-18-8-3-9-19-42/h3-29,32,34-35,54-58H,30-31,33,36-41H2,1-2H3/t54-,55+,56-,57+,58+/m1/s1. The Hall–Kier alpha value is -6.06. The molecule has 0 unspecified atom stereocenters. The molecule has 0 aromatic heterocycles. The molecule has 332 valence electrons. The SMILES string of the molecule is CN(C)c1cc(OCc2ccccc2)c([C@@H]2O[C@H](COCc3ccccc3)[C@@H](OCc3ccccc3)[C@H](OCc3ccccc3)[C@H]2OCc2ccccc2)cc1Cc1ccc2c(c1)CC2. The third kappa shape index (κ3) is 11.4. The highest BCUT2D eigenvalue weighted by Crippen LogP contribution is 2.44. The minimum absolute atomic E-state index is 0.263. The summed E-state index contributed by atoms with van der Waals surface area (Å²) in [5, 5.41) is 0. The van der Waals surface area contributed by atoms with Gasteiger partial charge in [-0.3, -0.25) is 0 Å². The molecule has 1 aliphatic carbocycles. The zero-order valence-electron chi connectivity index (χ0n) is 37.5. The maximum Gasteiger partial charge on any atom is 0.127 e. The van der Waals surface area contributed by atoms with E-state index in [-0.39, 0.29) is 6.61 Å². The molecule has 1 aliphatic heterocycles. The van der Waals surface area contributed by atoms with Crippen molar-refractivity contribution < 1.29 is 28.4 Å². The lowest BCUT2D eigenvalue weighted by atomic mass is 9.85. The smallest absolute Gasteiger partial charge is 0.127 e. The van der Waals surface area contributed by atoms with Gasteiger partial charge in [0.05, 0.1) is 33.0 Å². The van der Waals surface area contributed by atoms with E-state index in [1.165, 1.54) is 22.3 Å². The molecule has 0 spiro atoms. The van der Waals surface area contributed by atoms with Crippen LogP contribution in [0.3, 0.4) is 0 Å². The number of ether oxygens (including phenoxy) is 6. The van der Waals surface area contributed by atoms with Gasteiger partial charge in [0.2, 0.25) is 0 Å². The van der Waals surface area contributed by atoms with Crippen molar-refractivity contribution >= 4 is 5.69 Å². The lowest BCUT2D eigenvalue weighted by molar-refractivity contribution is -0.275. The molecule has 0 amide bonds. The van der Waals surface area contributed by atoms with Crippen LogP contribution < -0.4 is 9.64 Å². The van der Waals surface area contributed by atoms with Crippen molar-refractivity contribution in [3.63, 3.8) is 0 Å². The summed E-state index contributed by atoms with van der Waals surface area (Å²) in [5.74, 6) is 0.728. The summed E-state index contributed by atoms with van der Waals surface area (Å²) >= 11 is 0. The number of rotatable bonds is 20. The van der Waals surface area contributed by atoms with Gasteiger partial charge in [-0.25, -0.2) is 0 Å². The average molecular weight is 866 g/mol. The van der Waals surface area contributed by atoms with Crippen LogP contribution in [-0.4, -0.2) is 45.1 Å². The van der Waals surface area contributed by atoms with E-state index in [2.05, 4.69) is 110 Å². The molecule has 1 heterocycles. The fourth-order valence-corrected chi connectivity index (χ4v) is 8.89. The first-order valence-electron chi connectivity index (χ1n) is 22.9. The van der Waals surface area contributed by atoms with Crippen LogP contribution in [0, 0.1) is 0 Å². The summed E-state index contributed by atoms with van der Waals surface area (Å²) in [5.41, 5.74) is 12.6. The molecule has 7 aromatic rings. The Balaban J connectivity index is 1.16. The summed E-state index contributed by atoms with van der Waals surface area (Å²) in [4.78, 5) is 2.18. The average Bonchev–Trinajstić information content (AvgIpc) is 3.34. The van der Waals surface area contributed by atoms with E-state index in [9.17, 15) is 0 Å². The van der Waals surface area contributed by atoms with Crippen LogP contribution in [0.1, 0.15) is 61.7 Å². The molecule has 5 atom stereocenters. The van der Waals surface area contributed by atoms with Crippen molar-refractivity contribution in [2.45, 2.75) is 82.8 Å². The van der Waals surface area contributed by atoms with E-state index >= 15 is 0 Å². The summed E-state index contributed by atoms with van der Waals surface area (Å²) in [6.07, 6.45) is 0.0640. The van der Waals surface area contributed by atoms with E-state index in [1.807, 2.05) is 91.0 Å². The molecule has 0 bridgehead atoms. The molecule has 65 heavy (non-hydrogen) atoms. The van der Waals surface area contributed by atoms with Gasteiger partial charge < -0.3 is 33.3 Å². The summed E-state index contributed by atoms with van der Waals surface area (Å²) in [6, 6.07) is 62.8. The summed E-state index contributed by atoms with van der Waals surface area (Å²) in [6.45, 7) is 2.13. The van der Waals surface area contributed by atoms with Gasteiger partial charge in [0.25, 0.3) is 0 Å². The Kier molecular flexibility index (Phi) is 14.8. The van der Waals surface area contributed by atoms with Crippen LogP contribution in [-0.2, 0) is 76.0 Å². The van der Waals surface area contributed by atoms with Crippen molar-refractivity contribution in [2.24, 2.45) is 0 Å². The maximum atomic E-state index is 7.49. The third-order valence-corrected chi connectivity index (χ3v) is 12.4. The van der Waals surface area contributed by atoms with Crippen LogP contribution in [0.25, 0.3) is 0 Å². The van der Waals surface area contributed by atoms with E-state index in [1.54, 1.807) is 0 Å². The lowest BCUT2D eigenvalue weighted by Gasteiger charge is -2.47. The molecule has 7 heteroatoms. The number of anilines is 1. The van der Waals surface area contributed by atoms with E-state index in [0.717, 1.165) is 64.1 Å². The van der Waals surface area contributed by atoms with Gasteiger partial charge in [-0.1, -0.05) is 170 Å². The van der Waals surface area contributed by atoms with Gasteiger partial charge >= 0.3 is 0 Å². The first-order valence-corrected chi connectivity index (χ1v) is 22.9. The van der Waals surface area contributed by atoms with Crippen LogP contribution in [0.5, 0.6) is 5.75 Å². The van der Waals surface area contributed by atoms with Gasteiger partial charge in [-0.2, -0.15) is 0 Å². The Morgan fingerprint density at radius 1 is 0.477 bits per heavy atom. The molecule has 2 aliphatic rings. The van der Waals surface area contributed by atoms with Crippen molar-refractivity contribution in [2.75, 3.05) is 25.6 Å². The third-order valence-electron chi connectivity index (χ3n) is 12.4. The number of benzene rings is 7. The van der Waals surface area contributed by atoms with Gasteiger partial charge in [-0.15, -0.1) is 0 Å². The zero-order valence-corrected chi connectivity index (χ0v) is 37.5. The maximum absolute atomic E-state index is 7.49. The minimum Gasteiger partial charge on any atom is -0.488 e. The molecular weight excluding hydrogens is 807 g/mol. The fraction of sp³-hybridized carbons (Fsp3) is 0.276. The van der Waals surface area contributed by atoms with Gasteiger partial charge in [0.15, 0.2) is 0 Å². The van der Waals surface area contributed by atoms with Gasteiger partial charge in [0.1, 0.15) is 42.9 Å². The van der Waals surface area contributed by atoms with E-state index in [0.29, 0.717) is 33.0 Å². The molecule has 0 saturated carbocycles. The molecule has 0 N–H and O–H groups in total. The predicted molar refractivity (Wildman–Crippen MR) is 257 cm³/mol. The lowest BCUT2D eigenvalue weighted by Crippen LogP contribution is -2.58. The normalized spacial score (nSPS) is 19.0. The van der Waals surface area contributed by atoms with E-state index in [4.69, 9.17) is 28.4 Å². The van der Waals surface area contributed by atoms with E-state index < -0.39 is 30.5 Å². The van der Waals surface area contributed by atoms with Crippen molar-refractivity contribution in [3.05, 3.63) is 238 Å². The zero-order chi connectivity index (χ0) is 44.2. The minimum atomic E-state index is -0.640. The molecule has 7 aromatic carbocycles. The van der Waals surface area contributed by atoms with Crippen LogP contribution in [0.15, 0.2) is 182 Å². The Morgan fingerprint density at radius 3 is 1.48 bits per heavy atom. The number of aryl methyl sites for hydroxylation is 2.